The van der Waals surface area contributed by atoms with Gasteiger partial charge >= 0.3 is 0 Å². The van der Waals surface area contributed by atoms with Crippen LogP contribution >= 0.6 is 44.1 Å². The molecule has 25 heavy (non-hydrogen) atoms. The molecule has 0 aliphatic rings. The number of benzene rings is 2. The van der Waals surface area contributed by atoms with Crippen molar-refractivity contribution in [2.45, 2.75) is 45.4 Å². The first kappa shape index (κ1) is 20.5. The summed E-state index contributed by atoms with van der Waals surface area (Å²) in [4.78, 5) is 0.862. The number of halogens is 2. The van der Waals surface area contributed by atoms with Crippen molar-refractivity contribution >= 4 is 55.0 Å². The number of aryl methyl sites for hydroxylation is 1. The van der Waals surface area contributed by atoms with E-state index in [0.29, 0.717) is 0 Å². The smallest absolute Gasteiger partial charge is 0.0449 e. The van der Waals surface area contributed by atoms with Gasteiger partial charge in [-0.1, -0.05) is 107 Å². The zero-order valence-electron chi connectivity index (χ0n) is 14.6. The van der Waals surface area contributed by atoms with Gasteiger partial charge in [0.2, 0.25) is 0 Å². The van der Waals surface area contributed by atoms with Gasteiger partial charge in [0.05, 0.1) is 0 Å². The fourth-order valence-corrected chi connectivity index (χ4v) is 3.63. The van der Waals surface area contributed by atoms with Gasteiger partial charge in [-0.25, -0.2) is 0 Å². The molecule has 0 saturated heterocycles. The summed E-state index contributed by atoms with van der Waals surface area (Å²) in [5.41, 5.74) is 3.62. The lowest BCUT2D eigenvalue weighted by atomic mass is 10.0. The maximum atomic E-state index is 5.56. The fraction of sp³-hybridized carbons (Fsp3) is 0.318. The van der Waals surface area contributed by atoms with Crippen molar-refractivity contribution in [1.82, 2.24) is 0 Å². The number of rotatable bonds is 9. The average molecular weight is 480 g/mol. The summed E-state index contributed by atoms with van der Waals surface area (Å²) >= 11 is 12.6. The molecular weight excluding hydrogens is 456 g/mol. The van der Waals surface area contributed by atoms with Crippen molar-refractivity contribution in [2.75, 3.05) is 0 Å². The molecule has 2 aromatic rings. The monoisotopic (exact) mass is 478 g/mol. The highest BCUT2D eigenvalue weighted by Gasteiger charge is 2.01. The van der Waals surface area contributed by atoms with Gasteiger partial charge in [0, 0.05) is 13.8 Å². The molecule has 2 rings (SSSR count). The Bertz CT molecular complexity index is 717. The topological polar surface area (TPSA) is 0 Å². The maximum Gasteiger partial charge on any atom is 0.0449 e. The van der Waals surface area contributed by atoms with Gasteiger partial charge in [-0.15, -0.1) is 0 Å². The number of unbranched alkanes of at least 4 members (excludes halogenated alkanes) is 4. The zero-order valence-corrected chi connectivity index (χ0v) is 18.6. The molecule has 0 spiro atoms. The number of hydrogen-bond acceptors (Lipinski definition) is 1. The molecule has 0 atom stereocenters. The van der Waals surface area contributed by atoms with Crippen molar-refractivity contribution in [3.8, 4) is 0 Å². The second-order valence-corrected chi connectivity index (χ2v) is 8.43. The first-order valence-electron chi connectivity index (χ1n) is 8.86. The van der Waals surface area contributed by atoms with Crippen molar-refractivity contribution < 1.29 is 0 Å². The Labute approximate surface area is 174 Å². The van der Waals surface area contributed by atoms with Crippen LogP contribution in [-0.4, -0.2) is 4.86 Å². The summed E-state index contributed by atoms with van der Waals surface area (Å²) in [5, 5.41) is 0. The third-order valence-corrected chi connectivity index (χ3v) is 5.77. The average Bonchev–Trinajstić information content (AvgIpc) is 2.62. The van der Waals surface area contributed by atoms with Gasteiger partial charge < -0.3 is 0 Å². The third-order valence-electron chi connectivity index (χ3n) is 4.18. The molecule has 0 aromatic heterocycles. The second kappa shape index (κ2) is 11.1. The molecule has 0 aliphatic heterocycles. The Balaban J connectivity index is 1.91. The first-order chi connectivity index (χ1) is 12.1. The van der Waals surface area contributed by atoms with E-state index in [1.54, 1.807) is 0 Å². The van der Waals surface area contributed by atoms with E-state index in [1.165, 1.54) is 37.7 Å². The van der Waals surface area contributed by atoms with Crippen LogP contribution in [0.1, 0.15) is 55.7 Å². The Morgan fingerprint density at radius 3 is 2.40 bits per heavy atom. The minimum Gasteiger partial charge on any atom is -0.0795 e. The molecule has 0 fully saturated rings. The number of allylic oxidation sites excluding steroid dienone is 1. The lowest BCUT2D eigenvalue weighted by Crippen LogP contribution is -1.94. The van der Waals surface area contributed by atoms with E-state index >= 15 is 0 Å². The molecule has 0 nitrogen and oxygen atoms in total. The SMILES string of the molecule is CCCCCCCc1ccc(C(=S)C=Cc2cc(Br)ccc2Br)cc1. The van der Waals surface area contributed by atoms with Gasteiger partial charge in [-0.05, 0) is 53.8 Å². The van der Waals surface area contributed by atoms with E-state index in [-0.39, 0.29) is 0 Å². The summed E-state index contributed by atoms with van der Waals surface area (Å²) < 4.78 is 2.12. The summed E-state index contributed by atoms with van der Waals surface area (Å²) in [5.74, 6) is 0. The Morgan fingerprint density at radius 2 is 1.68 bits per heavy atom. The molecule has 2 aromatic carbocycles. The van der Waals surface area contributed by atoms with Crippen LogP contribution in [0.25, 0.3) is 6.08 Å². The molecule has 0 saturated carbocycles. The van der Waals surface area contributed by atoms with E-state index in [4.69, 9.17) is 12.2 Å². The van der Waals surface area contributed by atoms with Crippen LogP contribution in [0.3, 0.4) is 0 Å². The minimum absolute atomic E-state index is 0.862. The van der Waals surface area contributed by atoms with E-state index in [1.807, 2.05) is 18.2 Å². The molecule has 0 aliphatic carbocycles. The fourth-order valence-electron chi connectivity index (χ4n) is 2.67. The predicted octanol–water partition coefficient (Wildman–Crippen LogP) is 8.16. The lowest BCUT2D eigenvalue weighted by Gasteiger charge is -2.04. The molecule has 3 heteroatoms. The van der Waals surface area contributed by atoms with Gasteiger partial charge in [-0.3, -0.25) is 0 Å². The molecule has 0 amide bonds. The van der Waals surface area contributed by atoms with E-state index < -0.39 is 0 Å². The molecular formula is C22H24Br2S. The quantitative estimate of drug-likeness (QED) is 0.151. The lowest BCUT2D eigenvalue weighted by molar-refractivity contribution is 0.632. The standard InChI is InChI=1S/C22H24Br2S/c1-2-3-4-5-6-7-17-8-10-18(11-9-17)22(25)15-12-19-16-20(23)13-14-21(19)24/h8-16H,2-7H2,1H3. The molecule has 0 N–H and O–H groups in total. The molecule has 132 valence electrons. The summed E-state index contributed by atoms with van der Waals surface area (Å²) in [6.07, 6.45) is 11.8. The van der Waals surface area contributed by atoms with Gasteiger partial charge in [0.1, 0.15) is 0 Å². The van der Waals surface area contributed by atoms with Crippen LogP contribution in [0.4, 0.5) is 0 Å². The van der Waals surface area contributed by atoms with Crippen LogP contribution in [0.5, 0.6) is 0 Å². The summed E-state index contributed by atoms with van der Waals surface area (Å²) in [7, 11) is 0. The van der Waals surface area contributed by atoms with E-state index in [0.717, 1.165) is 31.4 Å². The minimum atomic E-state index is 0.862. The van der Waals surface area contributed by atoms with Crippen molar-refractivity contribution in [1.29, 1.82) is 0 Å². The second-order valence-electron chi connectivity index (χ2n) is 6.22. The maximum absolute atomic E-state index is 5.56. The largest absolute Gasteiger partial charge is 0.0795 e. The van der Waals surface area contributed by atoms with Crippen LogP contribution in [0, 0.1) is 0 Å². The highest BCUT2D eigenvalue weighted by molar-refractivity contribution is 9.11. The van der Waals surface area contributed by atoms with E-state index in [2.05, 4.69) is 75.2 Å². The number of thiocarbonyl (C=S) groups is 1. The van der Waals surface area contributed by atoms with Gasteiger partial charge in [0.25, 0.3) is 0 Å². The Hall–Kier alpha value is -0.770. The molecule has 0 heterocycles. The normalized spacial score (nSPS) is 11.2. The van der Waals surface area contributed by atoms with Crippen molar-refractivity contribution in [3.05, 3.63) is 74.2 Å². The van der Waals surface area contributed by atoms with Crippen LogP contribution in [0.15, 0.2) is 57.5 Å². The van der Waals surface area contributed by atoms with Crippen LogP contribution in [0.2, 0.25) is 0 Å². The highest BCUT2D eigenvalue weighted by atomic mass is 79.9. The molecule has 0 radical (unpaired) electrons. The Kier molecular flexibility index (Phi) is 9.08. The summed E-state index contributed by atoms with van der Waals surface area (Å²) in [6.45, 7) is 2.26. The van der Waals surface area contributed by atoms with Gasteiger partial charge in [0.15, 0.2) is 0 Å². The van der Waals surface area contributed by atoms with Crippen molar-refractivity contribution in [2.24, 2.45) is 0 Å². The Morgan fingerprint density at radius 1 is 0.960 bits per heavy atom. The van der Waals surface area contributed by atoms with Crippen LogP contribution < -0.4 is 0 Å². The highest BCUT2D eigenvalue weighted by Crippen LogP contribution is 2.23. The zero-order chi connectivity index (χ0) is 18.1. The van der Waals surface area contributed by atoms with Crippen molar-refractivity contribution in [3.63, 3.8) is 0 Å². The number of hydrogen-bond donors (Lipinski definition) is 0. The molecule has 0 unspecified atom stereocenters. The third kappa shape index (κ3) is 7.16. The predicted molar refractivity (Wildman–Crippen MR) is 121 cm³/mol. The van der Waals surface area contributed by atoms with Gasteiger partial charge in [-0.2, -0.15) is 0 Å². The summed E-state index contributed by atoms with van der Waals surface area (Å²) in [6, 6.07) is 14.8. The van der Waals surface area contributed by atoms with Crippen LogP contribution in [-0.2, 0) is 6.42 Å². The molecule has 0 bridgehead atoms. The first-order valence-corrected chi connectivity index (χ1v) is 10.9. The van der Waals surface area contributed by atoms with E-state index in [9.17, 15) is 0 Å².